The van der Waals surface area contributed by atoms with Crippen molar-refractivity contribution in [3.8, 4) is 5.75 Å². The predicted molar refractivity (Wildman–Crippen MR) is 119 cm³/mol. The SMILES string of the molecule is COc1ccccc1S(=O)(=O)NCc1ccc(C(=O)N(C)Cc2ccc(Cl)s2)cc1. The van der Waals surface area contributed by atoms with E-state index in [0.29, 0.717) is 16.4 Å². The summed E-state index contributed by atoms with van der Waals surface area (Å²) >= 11 is 7.37. The third kappa shape index (κ3) is 5.40. The van der Waals surface area contributed by atoms with E-state index in [2.05, 4.69) is 4.72 Å². The lowest BCUT2D eigenvalue weighted by molar-refractivity contribution is 0.0786. The summed E-state index contributed by atoms with van der Waals surface area (Å²) in [4.78, 5) is 15.3. The smallest absolute Gasteiger partial charge is 0.253 e. The number of carbonyl (C=O) groups excluding carboxylic acids is 1. The Morgan fingerprint density at radius 3 is 2.43 bits per heavy atom. The number of rotatable bonds is 8. The van der Waals surface area contributed by atoms with Crippen LogP contribution in [-0.4, -0.2) is 33.4 Å². The van der Waals surface area contributed by atoms with Crippen LogP contribution in [0, 0.1) is 0 Å². The summed E-state index contributed by atoms with van der Waals surface area (Å²) in [7, 11) is -0.581. The van der Waals surface area contributed by atoms with Crippen molar-refractivity contribution >= 4 is 38.9 Å². The van der Waals surface area contributed by atoms with Crippen LogP contribution in [0.2, 0.25) is 4.34 Å². The zero-order valence-electron chi connectivity index (χ0n) is 16.5. The second-order valence-electron chi connectivity index (χ2n) is 6.54. The fraction of sp³-hybridized carbons (Fsp3) is 0.190. The molecule has 9 heteroatoms. The highest BCUT2D eigenvalue weighted by molar-refractivity contribution is 7.89. The van der Waals surface area contributed by atoms with E-state index in [1.165, 1.54) is 24.5 Å². The molecule has 1 aromatic heterocycles. The first-order valence-electron chi connectivity index (χ1n) is 9.01. The molecular formula is C21H21ClN2O4S2. The van der Waals surface area contributed by atoms with E-state index in [-0.39, 0.29) is 23.1 Å². The number of hydrogen-bond acceptors (Lipinski definition) is 5. The minimum Gasteiger partial charge on any atom is -0.495 e. The van der Waals surface area contributed by atoms with Gasteiger partial charge in [-0.05, 0) is 42.0 Å². The molecule has 6 nitrogen and oxygen atoms in total. The van der Waals surface area contributed by atoms with Crippen molar-refractivity contribution in [2.24, 2.45) is 0 Å². The summed E-state index contributed by atoms with van der Waals surface area (Å²) in [5.74, 6) is 0.154. The summed E-state index contributed by atoms with van der Waals surface area (Å²) in [5, 5.41) is 0. The molecule has 0 fully saturated rings. The lowest BCUT2D eigenvalue weighted by Gasteiger charge is -2.16. The Morgan fingerprint density at radius 2 is 1.80 bits per heavy atom. The minimum absolute atomic E-state index is 0.0783. The minimum atomic E-state index is -3.73. The molecule has 2 aromatic carbocycles. The lowest BCUT2D eigenvalue weighted by atomic mass is 10.1. The van der Waals surface area contributed by atoms with Crippen molar-refractivity contribution in [1.29, 1.82) is 0 Å². The molecule has 3 aromatic rings. The molecular weight excluding hydrogens is 444 g/mol. The largest absolute Gasteiger partial charge is 0.495 e. The number of carbonyl (C=O) groups is 1. The molecule has 0 radical (unpaired) electrons. The number of amides is 1. The third-order valence-corrected chi connectivity index (χ3v) is 7.05. The Labute approximate surface area is 185 Å². The molecule has 30 heavy (non-hydrogen) atoms. The van der Waals surface area contributed by atoms with Gasteiger partial charge in [0.25, 0.3) is 5.91 Å². The molecule has 0 saturated heterocycles. The van der Waals surface area contributed by atoms with Gasteiger partial charge in [-0.1, -0.05) is 35.9 Å². The molecule has 0 unspecified atom stereocenters. The summed E-state index contributed by atoms with van der Waals surface area (Å²) < 4.78 is 33.5. The van der Waals surface area contributed by atoms with Crippen LogP contribution in [-0.2, 0) is 23.1 Å². The average Bonchev–Trinajstić information content (AvgIpc) is 3.16. The number of nitrogens with one attached hydrogen (secondary N) is 1. The van der Waals surface area contributed by atoms with Gasteiger partial charge in [0.05, 0.1) is 18.0 Å². The van der Waals surface area contributed by atoms with Crippen molar-refractivity contribution in [1.82, 2.24) is 9.62 Å². The highest BCUT2D eigenvalue weighted by Gasteiger charge is 2.19. The second kappa shape index (κ2) is 9.61. The van der Waals surface area contributed by atoms with Gasteiger partial charge < -0.3 is 9.64 Å². The van der Waals surface area contributed by atoms with E-state index in [9.17, 15) is 13.2 Å². The van der Waals surface area contributed by atoms with Gasteiger partial charge >= 0.3 is 0 Å². The van der Waals surface area contributed by atoms with Gasteiger partial charge in [-0.3, -0.25) is 4.79 Å². The molecule has 1 amide bonds. The maximum atomic E-state index is 12.6. The number of sulfonamides is 1. The van der Waals surface area contributed by atoms with Gasteiger partial charge in [0, 0.05) is 24.0 Å². The topological polar surface area (TPSA) is 75.7 Å². The molecule has 0 spiro atoms. The van der Waals surface area contributed by atoms with Crippen molar-refractivity contribution in [3.05, 3.63) is 81.0 Å². The monoisotopic (exact) mass is 464 g/mol. The van der Waals surface area contributed by atoms with Crippen LogP contribution in [0.5, 0.6) is 5.75 Å². The number of thiophene rings is 1. The van der Waals surface area contributed by atoms with Crippen molar-refractivity contribution in [3.63, 3.8) is 0 Å². The molecule has 0 aliphatic rings. The average molecular weight is 465 g/mol. The fourth-order valence-corrected chi connectivity index (χ4v) is 5.15. The Bertz CT molecular complexity index is 1130. The third-order valence-electron chi connectivity index (χ3n) is 4.39. The van der Waals surface area contributed by atoms with Gasteiger partial charge in [0.15, 0.2) is 0 Å². The van der Waals surface area contributed by atoms with Gasteiger partial charge in [-0.2, -0.15) is 0 Å². The predicted octanol–water partition coefficient (Wildman–Crippen LogP) is 4.16. The summed E-state index contributed by atoms with van der Waals surface area (Å²) in [6.07, 6.45) is 0. The maximum Gasteiger partial charge on any atom is 0.253 e. The van der Waals surface area contributed by atoms with E-state index >= 15 is 0 Å². The Balaban J connectivity index is 1.63. The standard InChI is InChI=1S/C21H21ClN2O4S2/c1-24(14-17-11-12-20(22)29-17)21(25)16-9-7-15(8-10-16)13-23-30(26,27)19-6-4-3-5-18(19)28-2/h3-12,23H,13-14H2,1-2H3. The zero-order chi connectivity index (χ0) is 21.7. The van der Waals surface area contributed by atoms with Crippen LogP contribution in [0.25, 0.3) is 0 Å². The first-order chi connectivity index (χ1) is 14.3. The first-order valence-corrected chi connectivity index (χ1v) is 11.7. The van der Waals surface area contributed by atoms with E-state index in [0.717, 1.165) is 10.4 Å². The molecule has 0 bridgehead atoms. The van der Waals surface area contributed by atoms with E-state index in [1.54, 1.807) is 60.5 Å². The highest BCUT2D eigenvalue weighted by atomic mass is 35.5. The Kier molecular flexibility index (Phi) is 7.14. The van der Waals surface area contributed by atoms with Gasteiger partial charge in [-0.15, -0.1) is 11.3 Å². The molecule has 1 N–H and O–H groups in total. The zero-order valence-corrected chi connectivity index (χ0v) is 18.9. The van der Waals surface area contributed by atoms with Crippen molar-refractivity contribution in [2.75, 3.05) is 14.2 Å². The van der Waals surface area contributed by atoms with Gasteiger partial charge in [0.2, 0.25) is 10.0 Å². The highest BCUT2D eigenvalue weighted by Crippen LogP contribution is 2.24. The molecule has 0 aliphatic carbocycles. The van der Waals surface area contributed by atoms with Crippen molar-refractivity contribution in [2.45, 2.75) is 18.0 Å². The quantitative estimate of drug-likeness (QED) is 0.543. The molecule has 1 heterocycles. The van der Waals surface area contributed by atoms with Crippen LogP contribution in [0.3, 0.4) is 0 Å². The normalized spacial score (nSPS) is 11.3. The van der Waals surface area contributed by atoms with Gasteiger partial charge in [-0.25, -0.2) is 13.1 Å². The summed E-state index contributed by atoms with van der Waals surface area (Å²) in [5.41, 5.74) is 1.26. The van der Waals surface area contributed by atoms with Crippen LogP contribution < -0.4 is 9.46 Å². The number of nitrogens with zero attached hydrogens (tertiary/aromatic N) is 1. The van der Waals surface area contributed by atoms with E-state index < -0.39 is 10.0 Å². The Hall–Kier alpha value is -2.39. The summed E-state index contributed by atoms with van der Waals surface area (Å²) in [6.45, 7) is 0.565. The molecule has 0 aliphatic heterocycles. The molecule has 0 atom stereocenters. The van der Waals surface area contributed by atoms with E-state index in [1.807, 2.05) is 6.07 Å². The first kappa shape index (κ1) is 22.3. The lowest BCUT2D eigenvalue weighted by Crippen LogP contribution is -2.26. The van der Waals surface area contributed by atoms with Crippen LogP contribution in [0.1, 0.15) is 20.8 Å². The van der Waals surface area contributed by atoms with Crippen LogP contribution in [0.15, 0.2) is 65.6 Å². The van der Waals surface area contributed by atoms with Crippen molar-refractivity contribution < 1.29 is 17.9 Å². The van der Waals surface area contributed by atoms with Crippen LogP contribution in [0.4, 0.5) is 0 Å². The number of benzene rings is 2. The van der Waals surface area contributed by atoms with Crippen LogP contribution >= 0.6 is 22.9 Å². The molecule has 3 rings (SSSR count). The number of halogens is 1. The van der Waals surface area contributed by atoms with Gasteiger partial charge in [0.1, 0.15) is 10.6 Å². The second-order valence-corrected chi connectivity index (χ2v) is 10.1. The molecule has 0 saturated carbocycles. The van der Waals surface area contributed by atoms with E-state index in [4.69, 9.17) is 16.3 Å². The Morgan fingerprint density at radius 1 is 1.10 bits per heavy atom. The number of ether oxygens (including phenoxy) is 1. The number of methoxy groups -OCH3 is 1. The fourth-order valence-electron chi connectivity index (χ4n) is 2.82. The number of hydrogen-bond donors (Lipinski definition) is 1. The maximum absolute atomic E-state index is 12.6. The summed E-state index contributed by atoms with van der Waals surface area (Å²) in [6, 6.07) is 17.0. The molecule has 158 valence electrons. The number of para-hydroxylation sites is 1.